The van der Waals surface area contributed by atoms with E-state index < -0.39 is 24.0 Å². The number of benzene rings is 2. The molecule has 0 fully saturated rings. The van der Waals surface area contributed by atoms with Crippen molar-refractivity contribution in [2.24, 2.45) is 0 Å². The smallest absolute Gasteiger partial charge is 0.326 e. The summed E-state index contributed by atoms with van der Waals surface area (Å²) in [4.78, 5) is 37.6. The number of carbonyl (C=O) groups is 3. The van der Waals surface area contributed by atoms with Crippen molar-refractivity contribution in [3.8, 4) is 0 Å². The van der Waals surface area contributed by atoms with Gasteiger partial charge in [0.1, 0.15) is 12.1 Å². The van der Waals surface area contributed by atoms with Gasteiger partial charge >= 0.3 is 5.97 Å². The number of hydrogen-bond donors (Lipinski definition) is 3. The lowest BCUT2D eigenvalue weighted by molar-refractivity contribution is -0.142. The van der Waals surface area contributed by atoms with Crippen LogP contribution in [-0.4, -0.2) is 35.0 Å². The highest BCUT2D eigenvalue weighted by Crippen LogP contribution is 2.11. The topological polar surface area (TPSA) is 95.5 Å². The standard InChI is InChI=1S/C30H42N2O4/c1-2-3-4-5-6-7-8-9-16-21-28(33)31-26(22-24-17-12-10-13-18-24)29(34)32-27(30(35)36)23-25-19-14-11-15-20-25/h10-15,17-20,26-27H,2-9,16,21-23H2,1H3,(H,31,33)(H,32,34)(H,35,36)/t26-,27-/m0/s1. The minimum absolute atomic E-state index is 0.173. The molecule has 2 rings (SSSR count). The van der Waals surface area contributed by atoms with Crippen LogP contribution in [0.5, 0.6) is 0 Å². The molecule has 0 spiro atoms. The lowest BCUT2D eigenvalue weighted by Crippen LogP contribution is -2.53. The third kappa shape index (κ3) is 12.0. The molecule has 0 saturated carbocycles. The summed E-state index contributed by atoms with van der Waals surface area (Å²) in [5.41, 5.74) is 1.72. The molecule has 3 N–H and O–H groups in total. The van der Waals surface area contributed by atoms with E-state index in [1.54, 1.807) is 0 Å². The van der Waals surface area contributed by atoms with E-state index in [2.05, 4.69) is 17.6 Å². The van der Waals surface area contributed by atoms with Gasteiger partial charge in [-0.15, -0.1) is 0 Å². The normalized spacial score (nSPS) is 12.5. The molecule has 2 aromatic rings. The summed E-state index contributed by atoms with van der Waals surface area (Å²) in [6.07, 6.45) is 11.3. The summed E-state index contributed by atoms with van der Waals surface area (Å²) < 4.78 is 0. The molecule has 0 aliphatic carbocycles. The largest absolute Gasteiger partial charge is 0.480 e. The molecule has 0 radical (unpaired) electrons. The van der Waals surface area contributed by atoms with Gasteiger partial charge < -0.3 is 15.7 Å². The maximum Gasteiger partial charge on any atom is 0.326 e. The minimum Gasteiger partial charge on any atom is -0.480 e. The van der Waals surface area contributed by atoms with Crippen LogP contribution in [0, 0.1) is 0 Å². The highest BCUT2D eigenvalue weighted by atomic mass is 16.4. The van der Waals surface area contributed by atoms with Gasteiger partial charge in [0.2, 0.25) is 11.8 Å². The zero-order valence-corrected chi connectivity index (χ0v) is 21.6. The van der Waals surface area contributed by atoms with Gasteiger partial charge in [-0.3, -0.25) is 9.59 Å². The number of amides is 2. The number of carbonyl (C=O) groups excluding carboxylic acids is 2. The van der Waals surface area contributed by atoms with Crippen LogP contribution in [0.4, 0.5) is 0 Å². The van der Waals surface area contributed by atoms with E-state index in [9.17, 15) is 19.5 Å². The monoisotopic (exact) mass is 494 g/mol. The molecule has 2 atom stereocenters. The lowest BCUT2D eigenvalue weighted by atomic mass is 10.0. The number of unbranched alkanes of at least 4 members (excludes halogenated alkanes) is 8. The number of aliphatic carboxylic acids is 1. The van der Waals surface area contributed by atoms with Crippen molar-refractivity contribution in [1.82, 2.24) is 10.6 Å². The van der Waals surface area contributed by atoms with Crippen LogP contribution >= 0.6 is 0 Å². The zero-order valence-electron chi connectivity index (χ0n) is 21.6. The second-order valence-electron chi connectivity index (χ2n) is 9.48. The predicted molar refractivity (Wildman–Crippen MR) is 144 cm³/mol. The molecule has 6 nitrogen and oxygen atoms in total. The van der Waals surface area contributed by atoms with E-state index in [0.717, 1.165) is 30.4 Å². The summed E-state index contributed by atoms with van der Waals surface area (Å²) in [5, 5.41) is 15.2. The molecule has 196 valence electrons. The second kappa shape index (κ2) is 17.3. The van der Waals surface area contributed by atoms with Crippen LogP contribution in [0.3, 0.4) is 0 Å². The van der Waals surface area contributed by atoms with Gasteiger partial charge in [-0.25, -0.2) is 4.79 Å². The Morgan fingerprint density at radius 2 is 1.14 bits per heavy atom. The fraction of sp³-hybridized carbons (Fsp3) is 0.500. The van der Waals surface area contributed by atoms with Crippen LogP contribution in [0.15, 0.2) is 60.7 Å². The molecular weight excluding hydrogens is 452 g/mol. The van der Waals surface area contributed by atoms with E-state index in [1.807, 2.05) is 60.7 Å². The molecule has 0 bridgehead atoms. The summed E-state index contributed by atoms with van der Waals surface area (Å²) in [6.45, 7) is 2.22. The van der Waals surface area contributed by atoms with Crippen molar-refractivity contribution in [3.63, 3.8) is 0 Å². The van der Waals surface area contributed by atoms with E-state index >= 15 is 0 Å². The Balaban J connectivity index is 1.88. The van der Waals surface area contributed by atoms with E-state index in [0.29, 0.717) is 12.8 Å². The average molecular weight is 495 g/mol. The molecule has 0 aliphatic heterocycles. The number of rotatable bonds is 18. The van der Waals surface area contributed by atoms with Crippen LogP contribution in [0.1, 0.15) is 82.3 Å². The maximum atomic E-state index is 13.1. The summed E-state index contributed by atoms with van der Waals surface area (Å²) in [5.74, 6) is -1.77. The van der Waals surface area contributed by atoms with Crippen LogP contribution < -0.4 is 10.6 Å². The van der Waals surface area contributed by atoms with Crippen molar-refractivity contribution >= 4 is 17.8 Å². The molecule has 2 amide bonds. The number of nitrogens with one attached hydrogen (secondary N) is 2. The lowest BCUT2D eigenvalue weighted by Gasteiger charge is -2.22. The Hall–Kier alpha value is -3.15. The summed E-state index contributed by atoms with van der Waals surface area (Å²) in [7, 11) is 0. The van der Waals surface area contributed by atoms with Gasteiger partial charge in [0, 0.05) is 19.3 Å². The molecule has 2 aromatic carbocycles. The van der Waals surface area contributed by atoms with E-state index in [4.69, 9.17) is 0 Å². The molecule has 0 aromatic heterocycles. The first kappa shape index (κ1) is 29.1. The Morgan fingerprint density at radius 1 is 0.667 bits per heavy atom. The summed E-state index contributed by atoms with van der Waals surface area (Å²) >= 11 is 0. The maximum absolute atomic E-state index is 13.1. The number of carboxylic acids is 1. The first-order valence-corrected chi connectivity index (χ1v) is 13.4. The molecule has 36 heavy (non-hydrogen) atoms. The quantitative estimate of drug-likeness (QED) is 0.240. The Bertz CT molecular complexity index is 902. The van der Waals surface area contributed by atoms with E-state index in [1.165, 1.54) is 38.5 Å². The first-order valence-electron chi connectivity index (χ1n) is 13.4. The molecule has 0 unspecified atom stereocenters. The van der Waals surface area contributed by atoms with Crippen LogP contribution in [0.25, 0.3) is 0 Å². The number of carboxylic acid groups (broad SMARTS) is 1. The highest BCUT2D eigenvalue weighted by molar-refractivity contribution is 5.90. The highest BCUT2D eigenvalue weighted by Gasteiger charge is 2.27. The molecule has 0 aliphatic rings. The van der Waals surface area contributed by atoms with Crippen molar-refractivity contribution in [3.05, 3.63) is 71.8 Å². The van der Waals surface area contributed by atoms with Gasteiger partial charge in [-0.2, -0.15) is 0 Å². The molecule has 0 heterocycles. The zero-order chi connectivity index (χ0) is 26.0. The third-order valence-corrected chi connectivity index (χ3v) is 6.34. The molecule has 6 heteroatoms. The molecule has 0 saturated heterocycles. The fourth-order valence-corrected chi connectivity index (χ4v) is 4.24. The minimum atomic E-state index is -1.10. The predicted octanol–water partition coefficient (Wildman–Crippen LogP) is 5.45. The SMILES string of the molecule is CCCCCCCCCCCC(=O)N[C@@H](Cc1ccccc1)C(=O)N[C@@H](Cc1ccccc1)C(=O)O. The van der Waals surface area contributed by atoms with Gasteiger partial charge in [0.25, 0.3) is 0 Å². The van der Waals surface area contributed by atoms with Crippen molar-refractivity contribution in [1.29, 1.82) is 0 Å². The summed E-state index contributed by atoms with van der Waals surface area (Å²) in [6, 6.07) is 16.7. The van der Waals surface area contributed by atoms with Gasteiger partial charge in [-0.05, 0) is 17.5 Å². The van der Waals surface area contributed by atoms with Crippen molar-refractivity contribution in [2.45, 2.75) is 96.1 Å². The number of hydrogen-bond acceptors (Lipinski definition) is 3. The molecular formula is C30H42N2O4. The van der Waals surface area contributed by atoms with Crippen molar-refractivity contribution < 1.29 is 19.5 Å². The second-order valence-corrected chi connectivity index (χ2v) is 9.48. The van der Waals surface area contributed by atoms with Gasteiger partial charge in [0.15, 0.2) is 0 Å². The van der Waals surface area contributed by atoms with E-state index in [-0.39, 0.29) is 12.3 Å². The first-order chi connectivity index (χ1) is 17.5. The van der Waals surface area contributed by atoms with Crippen LogP contribution in [0.2, 0.25) is 0 Å². The average Bonchev–Trinajstić information content (AvgIpc) is 2.88. The van der Waals surface area contributed by atoms with Crippen LogP contribution in [-0.2, 0) is 27.2 Å². The Kier molecular flexibility index (Phi) is 14.0. The van der Waals surface area contributed by atoms with Gasteiger partial charge in [-0.1, -0.05) is 119 Å². The Morgan fingerprint density at radius 3 is 1.64 bits per heavy atom. The fourth-order valence-electron chi connectivity index (χ4n) is 4.24. The van der Waals surface area contributed by atoms with Gasteiger partial charge in [0.05, 0.1) is 0 Å². The Labute approximate surface area is 215 Å². The van der Waals surface area contributed by atoms with Crippen molar-refractivity contribution in [2.75, 3.05) is 0 Å². The third-order valence-electron chi connectivity index (χ3n) is 6.34.